The van der Waals surface area contributed by atoms with E-state index in [-0.39, 0.29) is 12.5 Å². The number of hydrogen-bond acceptors (Lipinski definition) is 3. The summed E-state index contributed by atoms with van der Waals surface area (Å²) in [6.45, 7) is 4.36. The minimum absolute atomic E-state index is 0.0352. The number of rotatable bonds is 40. The zero-order valence-electron chi connectivity index (χ0n) is 33.2. The van der Waals surface area contributed by atoms with Crippen molar-refractivity contribution < 1.29 is 15.0 Å². The highest BCUT2D eigenvalue weighted by Crippen LogP contribution is 2.15. The van der Waals surface area contributed by atoms with Crippen molar-refractivity contribution in [1.29, 1.82) is 0 Å². The summed E-state index contributed by atoms with van der Waals surface area (Å²) in [5.41, 5.74) is 0. The third-order valence-corrected chi connectivity index (χ3v) is 10.2. The van der Waals surface area contributed by atoms with E-state index in [1.807, 2.05) is 0 Å². The quantitative estimate of drug-likeness (QED) is 0.0443. The lowest BCUT2D eigenvalue weighted by Gasteiger charge is -2.22. The minimum atomic E-state index is -0.658. The van der Waals surface area contributed by atoms with Gasteiger partial charge in [0, 0.05) is 6.42 Å². The lowest BCUT2D eigenvalue weighted by atomic mass is 10.0. The van der Waals surface area contributed by atoms with Gasteiger partial charge in [0.25, 0.3) is 0 Å². The molecule has 0 spiro atoms. The number of nitrogens with one attached hydrogen (secondary N) is 1. The molecule has 0 aliphatic rings. The largest absolute Gasteiger partial charge is 0.394 e. The van der Waals surface area contributed by atoms with Crippen molar-refractivity contribution in [3.05, 3.63) is 24.3 Å². The molecule has 0 saturated carbocycles. The maximum Gasteiger partial charge on any atom is 0.220 e. The molecule has 4 heteroatoms. The first-order valence-corrected chi connectivity index (χ1v) is 22.0. The number of carbonyl (C=O) groups excluding carboxylic acids is 1. The van der Waals surface area contributed by atoms with Crippen molar-refractivity contribution >= 4 is 5.91 Å². The van der Waals surface area contributed by atoms with Gasteiger partial charge in [0.2, 0.25) is 5.91 Å². The Hall–Kier alpha value is -1.13. The number of amides is 1. The van der Waals surface area contributed by atoms with Crippen LogP contribution in [0, 0.1) is 0 Å². The van der Waals surface area contributed by atoms with E-state index < -0.39 is 12.1 Å². The predicted molar refractivity (Wildman–Crippen MR) is 216 cm³/mol. The molecule has 0 heterocycles. The average Bonchev–Trinajstić information content (AvgIpc) is 3.10. The molecule has 0 rings (SSSR count). The van der Waals surface area contributed by atoms with Crippen LogP contribution in [-0.4, -0.2) is 34.9 Å². The first-order valence-electron chi connectivity index (χ1n) is 22.0. The highest BCUT2D eigenvalue weighted by Gasteiger charge is 2.20. The molecule has 290 valence electrons. The van der Waals surface area contributed by atoms with E-state index in [0.717, 1.165) is 32.1 Å². The lowest BCUT2D eigenvalue weighted by Crippen LogP contribution is -2.45. The van der Waals surface area contributed by atoms with E-state index in [1.54, 1.807) is 0 Å². The Labute approximate surface area is 307 Å². The Balaban J connectivity index is 3.50. The van der Waals surface area contributed by atoms with E-state index in [4.69, 9.17) is 0 Å². The van der Waals surface area contributed by atoms with Crippen LogP contribution in [-0.2, 0) is 4.79 Å². The predicted octanol–water partition coefficient (Wildman–Crippen LogP) is 13.6. The van der Waals surface area contributed by atoms with E-state index in [9.17, 15) is 15.0 Å². The molecule has 0 aliphatic heterocycles. The van der Waals surface area contributed by atoms with Gasteiger partial charge in [-0.1, -0.05) is 212 Å². The van der Waals surface area contributed by atoms with Crippen LogP contribution >= 0.6 is 0 Å². The monoisotopic (exact) mass is 690 g/mol. The topological polar surface area (TPSA) is 69.6 Å². The summed E-state index contributed by atoms with van der Waals surface area (Å²) < 4.78 is 0. The molecule has 3 N–H and O–H groups in total. The standard InChI is InChI=1S/C45H87NO3/c1-3-5-7-9-11-13-15-17-18-19-20-21-22-23-24-25-26-27-28-29-31-33-35-37-39-41-45(49)46-43(42-47)44(48)40-38-36-34-32-30-16-14-12-10-8-6-4-2/h20-21,23-24,43-44,47-48H,3-19,22,25-42H2,1-2H3,(H,46,49)/b21-20-,24-23-. The maximum absolute atomic E-state index is 12.4. The SMILES string of the molecule is CCCCCCCCCCC/C=C\C/C=C\CCCCCCCCCCCC(=O)NC(CO)C(O)CCCCCCCCCCCCCC. The molecule has 1 amide bonds. The van der Waals surface area contributed by atoms with Gasteiger partial charge in [-0.25, -0.2) is 0 Å². The summed E-state index contributed by atoms with van der Waals surface area (Å²) in [6.07, 6.45) is 52.6. The second-order valence-electron chi connectivity index (χ2n) is 15.1. The van der Waals surface area contributed by atoms with Gasteiger partial charge in [0.05, 0.1) is 18.8 Å². The lowest BCUT2D eigenvalue weighted by molar-refractivity contribution is -0.123. The second kappa shape index (κ2) is 41.3. The van der Waals surface area contributed by atoms with Crippen molar-refractivity contribution in [2.24, 2.45) is 0 Å². The van der Waals surface area contributed by atoms with Gasteiger partial charge >= 0.3 is 0 Å². The van der Waals surface area contributed by atoms with Gasteiger partial charge in [0.15, 0.2) is 0 Å². The molecule has 4 nitrogen and oxygen atoms in total. The molecule has 0 radical (unpaired) electrons. The van der Waals surface area contributed by atoms with Gasteiger partial charge in [-0.2, -0.15) is 0 Å². The molecule has 0 aliphatic carbocycles. The Morgan fingerprint density at radius 2 is 0.837 bits per heavy atom. The maximum atomic E-state index is 12.4. The van der Waals surface area contributed by atoms with Gasteiger partial charge in [-0.3, -0.25) is 4.79 Å². The molecule has 0 aromatic carbocycles. The van der Waals surface area contributed by atoms with E-state index in [0.29, 0.717) is 12.8 Å². The molecule has 0 saturated heterocycles. The third-order valence-electron chi connectivity index (χ3n) is 10.2. The van der Waals surface area contributed by atoms with Crippen molar-refractivity contribution in [1.82, 2.24) is 5.32 Å². The Bertz CT molecular complexity index is 705. The second-order valence-corrected chi connectivity index (χ2v) is 15.1. The summed E-state index contributed by atoms with van der Waals surface area (Å²) in [4.78, 5) is 12.4. The molecule has 0 aromatic rings. The third kappa shape index (κ3) is 37.9. The van der Waals surface area contributed by atoms with Crippen LogP contribution < -0.4 is 5.32 Å². The zero-order chi connectivity index (χ0) is 35.7. The van der Waals surface area contributed by atoms with Crippen LogP contribution in [0.1, 0.15) is 239 Å². The average molecular weight is 690 g/mol. The number of allylic oxidation sites excluding steroid dienone is 4. The fourth-order valence-electron chi connectivity index (χ4n) is 6.80. The first-order chi connectivity index (χ1) is 24.2. The van der Waals surface area contributed by atoms with Crippen LogP contribution in [0.3, 0.4) is 0 Å². The molecular formula is C45H87NO3. The van der Waals surface area contributed by atoms with Crippen molar-refractivity contribution in [2.45, 2.75) is 251 Å². The molecule has 0 fully saturated rings. The van der Waals surface area contributed by atoms with Gasteiger partial charge in [-0.05, 0) is 44.9 Å². The number of aliphatic hydroxyl groups is 2. The zero-order valence-corrected chi connectivity index (χ0v) is 33.2. The van der Waals surface area contributed by atoms with Crippen LogP contribution in [0.2, 0.25) is 0 Å². The van der Waals surface area contributed by atoms with Crippen molar-refractivity contribution in [2.75, 3.05) is 6.61 Å². The number of carbonyl (C=O) groups is 1. The molecule has 0 bridgehead atoms. The normalized spacial score (nSPS) is 13.1. The summed E-state index contributed by atoms with van der Waals surface area (Å²) in [7, 11) is 0. The Morgan fingerprint density at radius 1 is 0.490 bits per heavy atom. The molecule has 0 aromatic heterocycles. The van der Waals surface area contributed by atoms with Gasteiger partial charge < -0.3 is 15.5 Å². The van der Waals surface area contributed by atoms with E-state index in [2.05, 4.69) is 43.5 Å². The molecular weight excluding hydrogens is 602 g/mol. The van der Waals surface area contributed by atoms with Crippen LogP contribution in [0.5, 0.6) is 0 Å². The number of unbranched alkanes of at least 4 members (excludes halogenated alkanes) is 29. The molecule has 2 atom stereocenters. The van der Waals surface area contributed by atoms with Crippen LogP contribution in [0.25, 0.3) is 0 Å². The van der Waals surface area contributed by atoms with Crippen molar-refractivity contribution in [3.63, 3.8) is 0 Å². The summed E-state index contributed by atoms with van der Waals surface area (Å²) in [6, 6.07) is -0.535. The van der Waals surface area contributed by atoms with Crippen LogP contribution in [0.4, 0.5) is 0 Å². The highest BCUT2D eigenvalue weighted by molar-refractivity contribution is 5.76. The molecule has 49 heavy (non-hydrogen) atoms. The number of hydrogen-bond donors (Lipinski definition) is 3. The van der Waals surface area contributed by atoms with E-state index in [1.165, 1.54) is 180 Å². The van der Waals surface area contributed by atoms with Gasteiger partial charge in [0.1, 0.15) is 0 Å². The minimum Gasteiger partial charge on any atom is -0.394 e. The summed E-state index contributed by atoms with van der Waals surface area (Å²) >= 11 is 0. The van der Waals surface area contributed by atoms with Crippen LogP contribution in [0.15, 0.2) is 24.3 Å². The fraction of sp³-hybridized carbons (Fsp3) is 0.889. The smallest absolute Gasteiger partial charge is 0.220 e. The summed E-state index contributed by atoms with van der Waals surface area (Å²) in [5.74, 6) is -0.0352. The fourth-order valence-corrected chi connectivity index (χ4v) is 6.80. The number of aliphatic hydroxyl groups excluding tert-OH is 2. The Kier molecular flexibility index (Phi) is 40.3. The molecule has 2 unspecified atom stereocenters. The first kappa shape index (κ1) is 47.9. The Morgan fingerprint density at radius 3 is 1.22 bits per heavy atom. The summed E-state index contributed by atoms with van der Waals surface area (Å²) in [5, 5.41) is 23.1. The van der Waals surface area contributed by atoms with Crippen molar-refractivity contribution in [3.8, 4) is 0 Å². The highest BCUT2D eigenvalue weighted by atomic mass is 16.3. The van der Waals surface area contributed by atoms with Gasteiger partial charge in [-0.15, -0.1) is 0 Å². The van der Waals surface area contributed by atoms with E-state index >= 15 is 0 Å².